The third kappa shape index (κ3) is 64.1. The first-order valence-electron chi connectivity index (χ1n) is 35.8. The molecule has 0 aliphatic heterocycles. The van der Waals surface area contributed by atoms with Crippen molar-refractivity contribution in [2.24, 2.45) is 11.8 Å². The third-order valence-corrected chi connectivity index (χ3v) is 17.5. The lowest BCUT2D eigenvalue weighted by Gasteiger charge is -2.21. The minimum atomic E-state index is -4.96. The van der Waals surface area contributed by atoms with Gasteiger partial charge in [-0.2, -0.15) is 0 Å². The number of carbonyl (C=O) groups is 4. The van der Waals surface area contributed by atoms with Crippen LogP contribution in [0.3, 0.4) is 0 Å². The zero-order chi connectivity index (χ0) is 65.7. The molecule has 0 aromatic rings. The van der Waals surface area contributed by atoms with Gasteiger partial charge in [0.1, 0.15) is 19.3 Å². The summed E-state index contributed by atoms with van der Waals surface area (Å²) < 4.78 is 68.2. The van der Waals surface area contributed by atoms with Gasteiger partial charge in [0.05, 0.1) is 26.4 Å². The van der Waals surface area contributed by atoms with Crippen LogP contribution in [0.5, 0.6) is 0 Å². The molecule has 0 aromatic heterocycles. The van der Waals surface area contributed by atoms with E-state index in [2.05, 4.69) is 65.8 Å². The molecule has 0 fully saturated rings. The molecule has 0 rings (SSSR count). The molecule has 0 amide bonds. The fourth-order valence-electron chi connectivity index (χ4n) is 10.1. The molecule has 17 nitrogen and oxygen atoms in total. The van der Waals surface area contributed by atoms with E-state index in [9.17, 15) is 43.2 Å². The third-order valence-electron chi connectivity index (χ3n) is 15.6. The van der Waals surface area contributed by atoms with E-state index in [1.54, 1.807) is 0 Å². The van der Waals surface area contributed by atoms with Crippen molar-refractivity contribution in [1.29, 1.82) is 0 Å². The molecule has 0 aliphatic rings. The number of hydrogen-bond donors (Lipinski definition) is 3. The number of aliphatic hydroxyl groups is 1. The first-order chi connectivity index (χ1) is 42.9. The van der Waals surface area contributed by atoms with E-state index in [1.165, 1.54) is 128 Å². The van der Waals surface area contributed by atoms with Gasteiger partial charge in [-0.3, -0.25) is 37.3 Å². The molecule has 5 atom stereocenters. The Bertz CT molecular complexity index is 1830. The molecule has 0 spiro atoms. The van der Waals surface area contributed by atoms with Crippen LogP contribution in [0.15, 0.2) is 24.3 Å². The van der Waals surface area contributed by atoms with Gasteiger partial charge in [0.15, 0.2) is 12.2 Å². The highest BCUT2D eigenvalue weighted by Crippen LogP contribution is 2.45. The van der Waals surface area contributed by atoms with Crippen LogP contribution in [0.4, 0.5) is 0 Å². The van der Waals surface area contributed by atoms with Crippen LogP contribution in [-0.4, -0.2) is 96.7 Å². The molecule has 3 N–H and O–H groups in total. The van der Waals surface area contributed by atoms with E-state index < -0.39 is 97.5 Å². The Labute approximate surface area is 542 Å². The molecule has 0 saturated carbocycles. The first kappa shape index (κ1) is 86.5. The number of carbonyl (C=O) groups excluding carboxylic acids is 4. The predicted octanol–water partition coefficient (Wildman–Crippen LogP) is 19.5. The van der Waals surface area contributed by atoms with Crippen molar-refractivity contribution in [1.82, 2.24) is 0 Å². The van der Waals surface area contributed by atoms with E-state index in [4.69, 9.17) is 37.0 Å². The Kier molecular flexibility index (Phi) is 60.0. The van der Waals surface area contributed by atoms with Crippen LogP contribution in [0.1, 0.15) is 330 Å². The van der Waals surface area contributed by atoms with Crippen molar-refractivity contribution in [3.8, 4) is 0 Å². The standard InChI is InChI=1S/C70H132O17P2/c1-7-9-11-13-15-17-19-21-22-23-25-29-36-43-49-55-70(75)86-65(58-80-67(72)52-46-40-34-30-26-27-32-38-44-50-62(3)4)60-84-88(76,77)82-56-64(71)57-83-89(78,79)85-61-66(59-81-68(73)53-47-41-37-31-33-39-45-51-63(5)6)87-69(74)54-48-42-35-28-24-20-18-16-14-12-10-8-2/h17,19,21-22,62-66,71H,7-16,18,20,23-61H2,1-6H3,(H,76,77)(H,78,79)/b19-17-,22-21-/t64-,65-,66-/m1/s1. The largest absolute Gasteiger partial charge is 0.472 e. The first-order valence-corrected chi connectivity index (χ1v) is 38.8. The average molecular weight is 1310 g/mol. The monoisotopic (exact) mass is 1310 g/mol. The number of hydrogen-bond acceptors (Lipinski definition) is 15. The van der Waals surface area contributed by atoms with E-state index in [0.717, 1.165) is 115 Å². The van der Waals surface area contributed by atoms with Crippen molar-refractivity contribution in [3.63, 3.8) is 0 Å². The summed E-state index contributed by atoms with van der Waals surface area (Å²) in [4.78, 5) is 72.5. The van der Waals surface area contributed by atoms with Gasteiger partial charge in [0.25, 0.3) is 0 Å². The highest BCUT2D eigenvalue weighted by atomic mass is 31.2. The van der Waals surface area contributed by atoms with E-state index >= 15 is 0 Å². The van der Waals surface area contributed by atoms with Gasteiger partial charge in [0, 0.05) is 25.7 Å². The predicted molar refractivity (Wildman–Crippen MR) is 358 cm³/mol. The molecule has 0 heterocycles. The van der Waals surface area contributed by atoms with Gasteiger partial charge in [-0.25, -0.2) is 9.13 Å². The summed E-state index contributed by atoms with van der Waals surface area (Å²) in [5.41, 5.74) is 0. The number of esters is 4. The lowest BCUT2D eigenvalue weighted by atomic mass is 10.0. The van der Waals surface area contributed by atoms with Gasteiger partial charge in [-0.15, -0.1) is 0 Å². The molecule has 89 heavy (non-hydrogen) atoms. The average Bonchev–Trinajstić information content (AvgIpc) is 3.68. The van der Waals surface area contributed by atoms with Crippen LogP contribution < -0.4 is 0 Å². The molecular weight excluding hydrogens is 1170 g/mol. The van der Waals surface area contributed by atoms with Crippen molar-refractivity contribution in [2.45, 2.75) is 349 Å². The van der Waals surface area contributed by atoms with Gasteiger partial charge in [-0.05, 0) is 63.2 Å². The molecule has 0 aromatic carbocycles. The van der Waals surface area contributed by atoms with Gasteiger partial charge >= 0.3 is 39.5 Å². The maximum absolute atomic E-state index is 13.0. The van der Waals surface area contributed by atoms with E-state index in [-0.39, 0.29) is 25.7 Å². The Morgan fingerprint density at radius 3 is 0.921 bits per heavy atom. The maximum Gasteiger partial charge on any atom is 0.472 e. The molecule has 0 saturated heterocycles. The second kappa shape index (κ2) is 61.7. The van der Waals surface area contributed by atoms with Crippen molar-refractivity contribution < 1.29 is 80.2 Å². The fourth-order valence-corrected chi connectivity index (χ4v) is 11.6. The SMILES string of the molecule is CCCCCC/C=C\C=C/CCCCCCCC(=O)O[C@H](COC(=O)CCCCCCCCCCCC(C)C)COP(=O)(O)OC[C@@H](O)COP(=O)(O)OC[C@@H](COC(=O)CCCCCCCCCC(C)C)OC(=O)CCCCCCCCCCCCCC. The summed E-state index contributed by atoms with van der Waals surface area (Å²) in [6, 6.07) is 0. The number of phosphoric acid groups is 2. The molecule has 2 unspecified atom stereocenters. The quantitative estimate of drug-likeness (QED) is 0.0169. The van der Waals surface area contributed by atoms with Crippen LogP contribution in [0, 0.1) is 11.8 Å². The summed E-state index contributed by atoms with van der Waals surface area (Å²) >= 11 is 0. The normalized spacial score (nSPS) is 14.3. The summed E-state index contributed by atoms with van der Waals surface area (Å²) in [5, 5.41) is 10.6. The number of aliphatic hydroxyl groups excluding tert-OH is 1. The van der Waals surface area contributed by atoms with Crippen LogP contribution >= 0.6 is 15.6 Å². The number of ether oxygens (including phenoxy) is 4. The van der Waals surface area contributed by atoms with Gasteiger partial charge in [-0.1, -0.05) is 278 Å². The molecule has 19 heteroatoms. The van der Waals surface area contributed by atoms with Crippen molar-refractivity contribution >= 4 is 39.5 Å². The lowest BCUT2D eigenvalue weighted by molar-refractivity contribution is -0.161. The second-order valence-electron chi connectivity index (χ2n) is 25.5. The van der Waals surface area contributed by atoms with Crippen LogP contribution in [-0.2, 0) is 65.4 Å². The maximum atomic E-state index is 13.0. The number of phosphoric ester groups is 2. The highest BCUT2D eigenvalue weighted by Gasteiger charge is 2.30. The molecule has 524 valence electrons. The van der Waals surface area contributed by atoms with Gasteiger partial charge < -0.3 is 33.8 Å². The van der Waals surface area contributed by atoms with E-state index in [1.807, 2.05) is 0 Å². The molecule has 0 aliphatic carbocycles. The fraction of sp³-hybridized carbons (Fsp3) is 0.886. The molecular formula is C70H132O17P2. The number of allylic oxidation sites excluding steroid dienone is 4. The Morgan fingerprint density at radius 2 is 0.607 bits per heavy atom. The van der Waals surface area contributed by atoms with Crippen molar-refractivity contribution in [2.75, 3.05) is 39.6 Å². The lowest BCUT2D eigenvalue weighted by Crippen LogP contribution is -2.30. The Balaban J connectivity index is 5.29. The molecule has 0 bridgehead atoms. The summed E-state index contributed by atoms with van der Waals surface area (Å²) in [6.07, 6.45) is 49.4. The van der Waals surface area contributed by atoms with E-state index in [0.29, 0.717) is 31.6 Å². The molecule has 0 radical (unpaired) electrons. The summed E-state index contributed by atoms with van der Waals surface area (Å²) in [7, 11) is -9.91. The zero-order valence-corrected chi connectivity index (χ0v) is 59.0. The number of unbranched alkanes of at least 4 members (excludes halogenated alkanes) is 34. The smallest absolute Gasteiger partial charge is 0.462 e. The number of rotatable bonds is 67. The van der Waals surface area contributed by atoms with Crippen molar-refractivity contribution in [3.05, 3.63) is 24.3 Å². The Morgan fingerprint density at radius 1 is 0.348 bits per heavy atom. The topological polar surface area (TPSA) is 237 Å². The second-order valence-corrected chi connectivity index (χ2v) is 28.4. The van der Waals surface area contributed by atoms with Crippen LogP contribution in [0.2, 0.25) is 0 Å². The minimum Gasteiger partial charge on any atom is -0.462 e. The summed E-state index contributed by atoms with van der Waals surface area (Å²) in [5.74, 6) is -0.711. The zero-order valence-electron chi connectivity index (χ0n) is 57.2. The van der Waals surface area contributed by atoms with Gasteiger partial charge in [0.2, 0.25) is 0 Å². The highest BCUT2D eigenvalue weighted by molar-refractivity contribution is 7.47. The summed E-state index contributed by atoms with van der Waals surface area (Å²) in [6.45, 7) is 9.40. The van der Waals surface area contributed by atoms with Crippen LogP contribution in [0.25, 0.3) is 0 Å². The Hall–Kier alpha value is -2.46. The minimum absolute atomic E-state index is 0.0844.